The molecule has 19 heavy (non-hydrogen) atoms. The monoisotopic (exact) mass is 260 g/mol. The molecule has 0 bridgehead atoms. The smallest absolute Gasteiger partial charge is 0.0412 e. The summed E-state index contributed by atoms with van der Waals surface area (Å²) in [5, 5.41) is 3.72. The zero-order valence-corrected chi connectivity index (χ0v) is 12.8. The van der Waals surface area contributed by atoms with Gasteiger partial charge in [-0.15, -0.1) is 0 Å². The molecular formula is C17H28N2. The second-order valence-corrected chi connectivity index (χ2v) is 5.96. The number of nitrogens with one attached hydrogen (secondary N) is 1. The van der Waals surface area contributed by atoms with Crippen LogP contribution >= 0.6 is 0 Å². The minimum Gasteiger partial charge on any atom is -0.365 e. The first-order valence-electron chi connectivity index (χ1n) is 7.75. The average molecular weight is 260 g/mol. The number of rotatable bonds is 4. The van der Waals surface area contributed by atoms with Crippen molar-refractivity contribution in [2.24, 2.45) is 5.92 Å². The van der Waals surface area contributed by atoms with Crippen molar-refractivity contribution in [1.82, 2.24) is 5.32 Å². The van der Waals surface area contributed by atoms with Crippen LogP contribution in [0.1, 0.15) is 39.7 Å². The van der Waals surface area contributed by atoms with Gasteiger partial charge in [-0.05, 0) is 30.4 Å². The second kappa shape index (κ2) is 6.42. The standard InChI is InChI=1S/C17H28N2/c1-5-14-9-7-8-10-17(14)19-12-16(13(3)4)18-11-15(19)6-2/h7-10,13,15-16,18H,5-6,11-12H2,1-4H3. The Morgan fingerprint density at radius 2 is 2.00 bits per heavy atom. The summed E-state index contributed by atoms with van der Waals surface area (Å²) in [4.78, 5) is 2.64. The van der Waals surface area contributed by atoms with Crippen LogP contribution in [0.25, 0.3) is 0 Å². The second-order valence-electron chi connectivity index (χ2n) is 5.96. The van der Waals surface area contributed by atoms with Crippen molar-refractivity contribution >= 4 is 5.69 Å². The van der Waals surface area contributed by atoms with Gasteiger partial charge in [0.2, 0.25) is 0 Å². The lowest BCUT2D eigenvalue weighted by atomic mass is 9.96. The third-order valence-corrected chi connectivity index (χ3v) is 4.41. The van der Waals surface area contributed by atoms with Crippen LogP contribution in [0.15, 0.2) is 24.3 Å². The Morgan fingerprint density at radius 3 is 2.63 bits per heavy atom. The molecule has 0 radical (unpaired) electrons. The number of anilines is 1. The summed E-state index contributed by atoms with van der Waals surface area (Å²) in [6.45, 7) is 11.4. The maximum absolute atomic E-state index is 3.72. The van der Waals surface area contributed by atoms with E-state index in [9.17, 15) is 0 Å². The van der Waals surface area contributed by atoms with Crippen molar-refractivity contribution in [3.05, 3.63) is 29.8 Å². The molecule has 0 spiro atoms. The number of para-hydroxylation sites is 1. The van der Waals surface area contributed by atoms with Crippen LogP contribution in [0.3, 0.4) is 0 Å². The summed E-state index contributed by atoms with van der Waals surface area (Å²) >= 11 is 0. The van der Waals surface area contributed by atoms with Gasteiger partial charge < -0.3 is 10.2 Å². The van der Waals surface area contributed by atoms with Gasteiger partial charge in [0.1, 0.15) is 0 Å². The third-order valence-electron chi connectivity index (χ3n) is 4.41. The normalized spacial score (nSPS) is 23.9. The molecule has 1 aliphatic rings. The van der Waals surface area contributed by atoms with E-state index in [4.69, 9.17) is 0 Å². The van der Waals surface area contributed by atoms with Crippen molar-refractivity contribution in [1.29, 1.82) is 0 Å². The SMILES string of the molecule is CCc1ccccc1N1CC(C(C)C)NCC1CC. The largest absolute Gasteiger partial charge is 0.365 e. The lowest BCUT2D eigenvalue weighted by molar-refractivity contribution is 0.325. The van der Waals surface area contributed by atoms with Crippen LogP contribution in [0.5, 0.6) is 0 Å². The van der Waals surface area contributed by atoms with Crippen LogP contribution in [-0.4, -0.2) is 25.2 Å². The topological polar surface area (TPSA) is 15.3 Å². The Labute approximate surface area is 118 Å². The molecule has 0 aromatic heterocycles. The third kappa shape index (κ3) is 3.11. The summed E-state index contributed by atoms with van der Waals surface area (Å²) in [7, 11) is 0. The molecule has 0 aliphatic carbocycles. The van der Waals surface area contributed by atoms with Crippen molar-refractivity contribution in [3.8, 4) is 0 Å². The fraction of sp³-hybridized carbons (Fsp3) is 0.647. The Morgan fingerprint density at radius 1 is 1.26 bits per heavy atom. The van der Waals surface area contributed by atoms with Crippen LogP contribution < -0.4 is 10.2 Å². The van der Waals surface area contributed by atoms with Crippen LogP contribution in [0, 0.1) is 5.92 Å². The average Bonchev–Trinajstić information content (AvgIpc) is 2.46. The molecule has 2 unspecified atom stereocenters. The molecule has 0 amide bonds. The Hall–Kier alpha value is -1.02. The van der Waals surface area contributed by atoms with Crippen LogP contribution in [0.2, 0.25) is 0 Å². The summed E-state index contributed by atoms with van der Waals surface area (Å²) in [5.41, 5.74) is 2.93. The van der Waals surface area contributed by atoms with Crippen LogP contribution in [-0.2, 0) is 6.42 Å². The lowest BCUT2D eigenvalue weighted by Crippen LogP contribution is -2.58. The molecule has 2 nitrogen and oxygen atoms in total. The molecule has 1 aromatic rings. The fourth-order valence-electron chi connectivity index (χ4n) is 3.02. The molecular weight excluding hydrogens is 232 g/mol. The van der Waals surface area contributed by atoms with E-state index in [-0.39, 0.29) is 0 Å². The molecule has 1 fully saturated rings. The van der Waals surface area contributed by atoms with E-state index in [0.717, 1.165) is 19.5 Å². The van der Waals surface area contributed by atoms with Crippen molar-refractivity contribution in [2.45, 2.75) is 52.6 Å². The van der Waals surface area contributed by atoms with E-state index >= 15 is 0 Å². The number of hydrogen-bond donors (Lipinski definition) is 1. The van der Waals surface area contributed by atoms with Crippen molar-refractivity contribution in [3.63, 3.8) is 0 Å². The Bertz CT molecular complexity index is 400. The van der Waals surface area contributed by atoms with E-state index in [0.29, 0.717) is 18.0 Å². The summed E-state index contributed by atoms with van der Waals surface area (Å²) in [6.07, 6.45) is 2.32. The van der Waals surface area contributed by atoms with Gasteiger partial charge in [-0.1, -0.05) is 45.9 Å². The first-order chi connectivity index (χ1) is 9.17. The highest BCUT2D eigenvalue weighted by atomic mass is 15.2. The van der Waals surface area contributed by atoms with Crippen LogP contribution in [0.4, 0.5) is 5.69 Å². The maximum atomic E-state index is 3.72. The number of benzene rings is 1. The van der Waals surface area contributed by atoms with Gasteiger partial charge in [0.15, 0.2) is 0 Å². The predicted molar refractivity (Wildman–Crippen MR) is 83.9 cm³/mol. The van der Waals surface area contributed by atoms with Gasteiger partial charge in [-0.3, -0.25) is 0 Å². The number of aryl methyl sites for hydroxylation is 1. The number of piperazine rings is 1. The molecule has 106 valence electrons. The van der Waals surface area contributed by atoms with Gasteiger partial charge in [0.05, 0.1) is 0 Å². The zero-order chi connectivity index (χ0) is 13.8. The van der Waals surface area contributed by atoms with E-state index in [1.807, 2.05) is 0 Å². The minimum absolute atomic E-state index is 0.604. The molecule has 2 rings (SSSR count). The van der Waals surface area contributed by atoms with Gasteiger partial charge >= 0.3 is 0 Å². The Kier molecular flexibility index (Phi) is 4.87. The molecule has 1 aromatic carbocycles. The zero-order valence-electron chi connectivity index (χ0n) is 12.8. The van der Waals surface area contributed by atoms with Crippen molar-refractivity contribution in [2.75, 3.05) is 18.0 Å². The molecule has 0 saturated carbocycles. The fourth-order valence-corrected chi connectivity index (χ4v) is 3.02. The van der Waals surface area contributed by atoms with Crippen molar-refractivity contribution < 1.29 is 0 Å². The van der Waals surface area contributed by atoms with E-state index in [1.165, 1.54) is 17.7 Å². The Balaban J connectivity index is 2.27. The summed E-state index contributed by atoms with van der Waals surface area (Å²) in [6, 6.07) is 10.1. The lowest BCUT2D eigenvalue weighted by Gasteiger charge is -2.43. The quantitative estimate of drug-likeness (QED) is 0.892. The predicted octanol–water partition coefficient (Wildman–Crippen LogP) is 3.46. The number of hydrogen-bond acceptors (Lipinski definition) is 2. The van der Waals surface area contributed by atoms with Gasteiger partial charge in [0, 0.05) is 30.9 Å². The van der Waals surface area contributed by atoms with Gasteiger partial charge in [0.25, 0.3) is 0 Å². The molecule has 2 atom stereocenters. The molecule has 1 saturated heterocycles. The number of nitrogens with zero attached hydrogens (tertiary/aromatic N) is 1. The first kappa shape index (κ1) is 14.4. The maximum Gasteiger partial charge on any atom is 0.0412 e. The van der Waals surface area contributed by atoms with E-state index < -0.39 is 0 Å². The highest BCUT2D eigenvalue weighted by Gasteiger charge is 2.29. The highest BCUT2D eigenvalue weighted by molar-refractivity contribution is 5.55. The molecule has 2 heteroatoms. The summed E-state index contributed by atoms with van der Waals surface area (Å²) in [5.74, 6) is 0.689. The first-order valence-corrected chi connectivity index (χ1v) is 7.75. The molecule has 1 aliphatic heterocycles. The van der Waals surface area contributed by atoms with Gasteiger partial charge in [-0.25, -0.2) is 0 Å². The highest BCUT2D eigenvalue weighted by Crippen LogP contribution is 2.27. The molecule has 1 heterocycles. The van der Waals surface area contributed by atoms with Gasteiger partial charge in [-0.2, -0.15) is 0 Å². The van der Waals surface area contributed by atoms with E-state index in [2.05, 4.69) is 62.2 Å². The summed E-state index contributed by atoms with van der Waals surface area (Å²) < 4.78 is 0. The van der Waals surface area contributed by atoms with E-state index in [1.54, 1.807) is 0 Å². The minimum atomic E-state index is 0.604. The molecule has 1 N–H and O–H groups in total.